The zero-order valence-electron chi connectivity index (χ0n) is 9.29. The number of carbonyl (C=O) groups is 1. The van der Waals surface area contributed by atoms with Gasteiger partial charge >= 0.3 is 0 Å². The molecule has 0 saturated heterocycles. The molecule has 0 aliphatic rings. The standard InChI is InChI=1S/C11H15ClN2O2/c1-3-16-8(2)11(15)14-13-10-6-4-5-9(12)7-10/h4-8,13H,3H2,1-2H3,(H,14,15)/t8-/m1/s1. The Kier molecular flexibility index (Phi) is 5.08. The Morgan fingerprint density at radius 2 is 2.31 bits per heavy atom. The SMILES string of the molecule is CCO[C@H](C)C(=O)NNc1cccc(Cl)c1. The molecule has 4 nitrogen and oxygen atoms in total. The third kappa shape index (κ3) is 4.08. The molecular weight excluding hydrogens is 228 g/mol. The quantitative estimate of drug-likeness (QED) is 0.779. The van der Waals surface area contributed by atoms with Gasteiger partial charge in [0.15, 0.2) is 0 Å². The van der Waals surface area contributed by atoms with E-state index in [1.807, 2.05) is 6.92 Å². The lowest BCUT2D eigenvalue weighted by molar-refractivity contribution is -0.130. The van der Waals surface area contributed by atoms with Crippen LogP contribution in [0.3, 0.4) is 0 Å². The molecule has 1 amide bonds. The van der Waals surface area contributed by atoms with Gasteiger partial charge in [0, 0.05) is 11.6 Å². The van der Waals surface area contributed by atoms with E-state index in [0.29, 0.717) is 11.6 Å². The van der Waals surface area contributed by atoms with Crippen LogP contribution in [-0.4, -0.2) is 18.6 Å². The number of benzene rings is 1. The first-order valence-corrected chi connectivity index (χ1v) is 5.44. The van der Waals surface area contributed by atoms with Crippen LogP contribution in [0.25, 0.3) is 0 Å². The minimum atomic E-state index is -0.475. The van der Waals surface area contributed by atoms with Crippen LogP contribution in [0, 0.1) is 0 Å². The number of carbonyl (C=O) groups excluding carboxylic acids is 1. The van der Waals surface area contributed by atoms with Crippen molar-refractivity contribution in [3.63, 3.8) is 0 Å². The molecule has 0 fully saturated rings. The number of hydrogen-bond donors (Lipinski definition) is 2. The molecule has 1 atom stereocenters. The molecule has 0 heterocycles. The van der Waals surface area contributed by atoms with Gasteiger partial charge in [0.05, 0.1) is 5.69 Å². The zero-order chi connectivity index (χ0) is 12.0. The van der Waals surface area contributed by atoms with E-state index in [4.69, 9.17) is 16.3 Å². The van der Waals surface area contributed by atoms with Crippen molar-refractivity contribution in [2.75, 3.05) is 12.0 Å². The third-order valence-corrected chi connectivity index (χ3v) is 2.18. The van der Waals surface area contributed by atoms with Crippen LogP contribution in [0.1, 0.15) is 13.8 Å². The molecule has 2 N–H and O–H groups in total. The predicted octanol–water partition coefficient (Wildman–Crippen LogP) is 2.21. The zero-order valence-corrected chi connectivity index (χ0v) is 10.0. The van der Waals surface area contributed by atoms with Crippen LogP contribution < -0.4 is 10.9 Å². The Balaban J connectivity index is 2.42. The van der Waals surface area contributed by atoms with Crippen molar-refractivity contribution in [1.29, 1.82) is 0 Å². The van der Waals surface area contributed by atoms with Crippen molar-refractivity contribution in [3.8, 4) is 0 Å². The predicted molar refractivity (Wildman–Crippen MR) is 64.3 cm³/mol. The van der Waals surface area contributed by atoms with E-state index in [9.17, 15) is 4.79 Å². The summed E-state index contributed by atoms with van der Waals surface area (Å²) in [5, 5.41) is 0.608. The second-order valence-corrected chi connectivity index (χ2v) is 3.66. The summed E-state index contributed by atoms with van der Waals surface area (Å²) >= 11 is 5.80. The monoisotopic (exact) mass is 242 g/mol. The highest BCUT2D eigenvalue weighted by Crippen LogP contribution is 2.13. The molecule has 1 aromatic rings. The highest BCUT2D eigenvalue weighted by molar-refractivity contribution is 6.30. The van der Waals surface area contributed by atoms with Crippen molar-refractivity contribution in [2.24, 2.45) is 0 Å². The van der Waals surface area contributed by atoms with E-state index in [-0.39, 0.29) is 5.91 Å². The summed E-state index contributed by atoms with van der Waals surface area (Å²) in [6, 6.07) is 7.07. The molecule has 0 bridgehead atoms. The highest BCUT2D eigenvalue weighted by atomic mass is 35.5. The first-order chi connectivity index (χ1) is 7.63. The lowest BCUT2D eigenvalue weighted by Crippen LogP contribution is -2.38. The summed E-state index contributed by atoms with van der Waals surface area (Å²) in [7, 11) is 0. The number of rotatable bonds is 5. The molecule has 0 aliphatic carbocycles. The molecule has 5 heteroatoms. The van der Waals surface area contributed by atoms with E-state index in [0.717, 1.165) is 5.69 Å². The van der Waals surface area contributed by atoms with Crippen molar-refractivity contribution < 1.29 is 9.53 Å². The summed E-state index contributed by atoms with van der Waals surface area (Å²) in [6.45, 7) is 4.04. The minimum absolute atomic E-state index is 0.221. The second-order valence-electron chi connectivity index (χ2n) is 3.22. The van der Waals surface area contributed by atoms with Gasteiger partial charge in [-0.3, -0.25) is 15.6 Å². The Morgan fingerprint density at radius 1 is 1.56 bits per heavy atom. The average Bonchev–Trinajstić information content (AvgIpc) is 2.26. The second kappa shape index (κ2) is 6.35. The van der Waals surface area contributed by atoms with E-state index in [1.54, 1.807) is 31.2 Å². The summed E-state index contributed by atoms with van der Waals surface area (Å²) in [5.74, 6) is -0.221. The molecule has 1 aromatic carbocycles. The summed E-state index contributed by atoms with van der Waals surface area (Å²) in [4.78, 5) is 11.5. The van der Waals surface area contributed by atoms with Gasteiger partial charge < -0.3 is 4.74 Å². The molecule has 16 heavy (non-hydrogen) atoms. The molecule has 0 aliphatic heterocycles. The molecular formula is C11H15ClN2O2. The number of halogens is 1. The van der Waals surface area contributed by atoms with E-state index >= 15 is 0 Å². The van der Waals surface area contributed by atoms with Crippen LogP contribution in [0.4, 0.5) is 5.69 Å². The molecule has 0 spiro atoms. The number of amides is 1. The van der Waals surface area contributed by atoms with Crippen LogP contribution in [0.15, 0.2) is 24.3 Å². The normalized spacial score (nSPS) is 11.9. The lowest BCUT2D eigenvalue weighted by atomic mass is 10.3. The topological polar surface area (TPSA) is 50.4 Å². The van der Waals surface area contributed by atoms with Gasteiger partial charge in [0.1, 0.15) is 6.10 Å². The first-order valence-electron chi connectivity index (χ1n) is 5.06. The van der Waals surface area contributed by atoms with E-state index in [2.05, 4.69) is 10.9 Å². The number of hydrogen-bond acceptors (Lipinski definition) is 3. The summed E-state index contributed by atoms with van der Waals surface area (Å²) in [5.41, 5.74) is 6.03. The Labute approximate surface area is 99.9 Å². The van der Waals surface area contributed by atoms with Crippen molar-refractivity contribution in [3.05, 3.63) is 29.3 Å². The first kappa shape index (κ1) is 12.8. The van der Waals surface area contributed by atoms with Crippen LogP contribution in [-0.2, 0) is 9.53 Å². The van der Waals surface area contributed by atoms with Crippen molar-refractivity contribution in [2.45, 2.75) is 20.0 Å². The maximum absolute atomic E-state index is 11.5. The van der Waals surface area contributed by atoms with Gasteiger partial charge in [-0.05, 0) is 32.0 Å². The van der Waals surface area contributed by atoms with E-state index in [1.165, 1.54) is 0 Å². The number of nitrogens with one attached hydrogen (secondary N) is 2. The van der Waals surface area contributed by atoms with Gasteiger partial charge in [-0.1, -0.05) is 17.7 Å². The number of hydrazine groups is 1. The molecule has 0 unspecified atom stereocenters. The Hall–Kier alpha value is -1.26. The van der Waals surface area contributed by atoms with Gasteiger partial charge in [0.25, 0.3) is 5.91 Å². The maximum Gasteiger partial charge on any atom is 0.267 e. The summed E-state index contributed by atoms with van der Waals surface area (Å²) < 4.78 is 5.14. The fraction of sp³-hybridized carbons (Fsp3) is 0.364. The number of ether oxygens (including phenoxy) is 1. The smallest absolute Gasteiger partial charge is 0.267 e. The van der Waals surface area contributed by atoms with Crippen LogP contribution >= 0.6 is 11.6 Å². The molecule has 0 aromatic heterocycles. The van der Waals surface area contributed by atoms with Crippen LogP contribution in [0.5, 0.6) is 0 Å². The molecule has 0 radical (unpaired) electrons. The van der Waals surface area contributed by atoms with Gasteiger partial charge in [-0.25, -0.2) is 0 Å². The maximum atomic E-state index is 11.5. The fourth-order valence-corrected chi connectivity index (χ4v) is 1.32. The third-order valence-electron chi connectivity index (χ3n) is 1.94. The van der Waals surface area contributed by atoms with Gasteiger partial charge in [-0.2, -0.15) is 0 Å². The van der Waals surface area contributed by atoms with E-state index < -0.39 is 6.10 Å². The highest BCUT2D eigenvalue weighted by Gasteiger charge is 2.11. The summed E-state index contributed by atoms with van der Waals surface area (Å²) in [6.07, 6.45) is -0.475. The lowest BCUT2D eigenvalue weighted by Gasteiger charge is -2.13. The van der Waals surface area contributed by atoms with Crippen molar-refractivity contribution in [1.82, 2.24) is 5.43 Å². The molecule has 0 saturated carbocycles. The largest absolute Gasteiger partial charge is 0.369 e. The van der Waals surface area contributed by atoms with Gasteiger partial charge in [0.2, 0.25) is 0 Å². The molecule has 88 valence electrons. The molecule has 1 rings (SSSR count). The van der Waals surface area contributed by atoms with Gasteiger partial charge in [-0.15, -0.1) is 0 Å². The van der Waals surface area contributed by atoms with Crippen molar-refractivity contribution >= 4 is 23.2 Å². The number of anilines is 1. The fourth-order valence-electron chi connectivity index (χ4n) is 1.13. The average molecular weight is 243 g/mol. The Morgan fingerprint density at radius 3 is 2.94 bits per heavy atom. The van der Waals surface area contributed by atoms with Crippen LogP contribution in [0.2, 0.25) is 5.02 Å². The Bertz CT molecular complexity index is 358. The minimum Gasteiger partial charge on any atom is -0.369 e.